The third kappa shape index (κ3) is 7.34. The number of carbonyl (C=O) groups is 1. The van der Waals surface area contributed by atoms with Crippen molar-refractivity contribution in [3.05, 3.63) is 0 Å². The summed E-state index contributed by atoms with van der Waals surface area (Å²) in [4.78, 5) is 12.2. The zero-order chi connectivity index (χ0) is 20.7. The lowest BCUT2D eigenvalue weighted by Gasteiger charge is -2.38. The lowest BCUT2D eigenvalue weighted by Crippen LogP contribution is -2.68. The number of halogens is 4. The first-order chi connectivity index (χ1) is 13.2. The summed E-state index contributed by atoms with van der Waals surface area (Å²) in [6, 6.07) is -1.15. The van der Waals surface area contributed by atoms with Crippen LogP contribution < -0.4 is 32.3 Å². The fourth-order valence-corrected chi connectivity index (χ4v) is 3.76. The molecule has 1 aliphatic heterocycles. The van der Waals surface area contributed by atoms with E-state index in [0.29, 0.717) is 6.54 Å². The van der Waals surface area contributed by atoms with Crippen molar-refractivity contribution in [2.45, 2.75) is 82.3 Å². The van der Waals surface area contributed by atoms with Gasteiger partial charge in [0.05, 0.1) is 12.1 Å². The summed E-state index contributed by atoms with van der Waals surface area (Å²) in [5.74, 6) is -2.03. The van der Waals surface area contributed by atoms with E-state index in [1.165, 1.54) is 0 Å². The summed E-state index contributed by atoms with van der Waals surface area (Å²) in [6.45, 7) is 3.42. The molecule has 164 valence electrons. The van der Waals surface area contributed by atoms with Gasteiger partial charge >= 0.3 is 12.2 Å². The predicted octanol–water partition coefficient (Wildman–Crippen LogP) is 1.26. The smallest absolute Gasteiger partial charge is 0.335 e. The Bertz CT molecular complexity index is 495. The van der Waals surface area contributed by atoms with Gasteiger partial charge in [-0.2, -0.15) is 13.2 Å². The van der Waals surface area contributed by atoms with Crippen molar-refractivity contribution in [2.24, 2.45) is 11.7 Å². The van der Waals surface area contributed by atoms with E-state index in [4.69, 9.17) is 5.73 Å². The average Bonchev–Trinajstić information content (AvgIpc) is 2.59. The molecule has 1 saturated heterocycles. The number of nitrogens with one attached hydrogen (secondary N) is 5. The first kappa shape index (κ1) is 23.1. The van der Waals surface area contributed by atoms with Crippen LogP contribution in [0, 0.1) is 5.92 Å². The van der Waals surface area contributed by atoms with E-state index in [-0.39, 0.29) is 25.0 Å². The molecule has 7 N–H and O–H groups in total. The van der Waals surface area contributed by atoms with Gasteiger partial charge in [0.2, 0.25) is 0 Å². The van der Waals surface area contributed by atoms with Gasteiger partial charge in [-0.3, -0.25) is 10.6 Å². The third-order valence-electron chi connectivity index (χ3n) is 5.23. The number of amides is 2. The highest BCUT2D eigenvalue weighted by Gasteiger charge is 2.48. The summed E-state index contributed by atoms with van der Waals surface area (Å²) in [5.41, 5.74) is 5.47. The van der Waals surface area contributed by atoms with Crippen molar-refractivity contribution in [1.29, 1.82) is 0 Å². The van der Waals surface area contributed by atoms with Gasteiger partial charge in [0, 0.05) is 12.1 Å². The summed E-state index contributed by atoms with van der Waals surface area (Å²) in [7, 11) is 0. The van der Waals surface area contributed by atoms with Crippen LogP contribution >= 0.6 is 0 Å². The second kappa shape index (κ2) is 10.6. The summed E-state index contributed by atoms with van der Waals surface area (Å²) in [5, 5.41) is 15.0. The largest absolute Gasteiger partial charge is 0.394 e. The number of urea groups is 1. The van der Waals surface area contributed by atoms with Crippen LogP contribution in [0.3, 0.4) is 0 Å². The van der Waals surface area contributed by atoms with Crippen LogP contribution in [0.15, 0.2) is 0 Å². The molecular formula is C17H32F4N6O. The highest BCUT2D eigenvalue weighted by atomic mass is 19.4. The molecule has 7 nitrogen and oxygen atoms in total. The molecule has 2 amide bonds. The molecule has 6 atom stereocenters. The lowest BCUT2D eigenvalue weighted by atomic mass is 9.84. The summed E-state index contributed by atoms with van der Waals surface area (Å²) < 4.78 is 52.3. The first-order valence-corrected chi connectivity index (χ1v) is 9.92. The van der Waals surface area contributed by atoms with Crippen molar-refractivity contribution in [2.75, 3.05) is 13.1 Å². The molecule has 6 unspecified atom stereocenters. The van der Waals surface area contributed by atoms with Crippen molar-refractivity contribution in [3.8, 4) is 0 Å². The Kier molecular flexibility index (Phi) is 8.72. The Balaban J connectivity index is 1.78. The molecule has 1 aliphatic carbocycles. The van der Waals surface area contributed by atoms with Crippen LogP contribution in [0.5, 0.6) is 0 Å². The molecule has 0 bridgehead atoms. The molecule has 1 heterocycles. The maximum Gasteiger partial charge on any atom is 0.394 e. The Morgan fingerprint density at radius 1 is 1.14 bits per heavy atom. The van der Waals surface area contributed by atoms with Gasteiger partial charge in [-0.15, -0.1) is 0 Å². The van der Waals surface area contributed by atoms with Crippen LogP contribution in [-0.2, 0) is 0 Å². The normalized spacial score (nSPS) is 34.1. The van der Waals surface area contributed by atoms with Gasteiger partial charge in [0.1, 0.15) is 12.5 Å². The number of alkyl halides is 4. The molecule has 1 saturated carbocycles. The van der Waals surface area contributed by atoms with Gasteiger partial charge in [0.15, 0.2) is 0 Å². The van der Waals surface area contributed by atoms with E-state index in [1.54, 1.807) is 0 Å². The maximum absolute atomic E-state index is 13.6. The average molecular weight is 412 g/mol. The van der Waals surface area contributed by atoms with Gasteiger partial charge < -0.3 is 21.7 Å². The third-order valence-corrected chi connectivity index (χ3v) is 5.23. The van der Waals surface area contributed by atoms with E-state index in [0.717, 1.165) is 25.8 Å². The molecule has 0 aromatic heterocycles. The Labute approximate surface area is 162 Å². The molecule has 11 heteroatoms. The summed E-state index contributed by atoms with van der Waals surface area (Å²) in [6.07, 6.45) is -4.79. The molecule has 0 aromatic rings. The maximum atomic E-state index is 13.6. The highest BCUT2D eigenvalue weighted by Crippen LogP contribution is 2.39. The standard InChI is InChI=1S/C17H32F4N6O/c1-10-8-14(23-7-3-2-6-22)26-15(24-10)27-16(28)25-11-4-5-13(18)12(9-11)17(19,20)21/h10-15,23-24,26H,2-9,22H2,1H3,(H2,25,27,28). The van der Waals surface area contributed by atoms with E-state index >= 15 is 0 Å². The minimum atomic E-state index is -4.60. The van der Waals surface area contributed by atoms with E-state index < -0.39 is 43.0 Å². The molecule has 0 aromatic carbocycles. The molecule has 2 rings (SSSR count). The van der Waals surface area contributed by atoms with Crippen LogP contribution in [-0.4, -0.2) is 56.0 Å². The Hall–Kier alpha value is -1.17. The van der Waals surface area contributed by atoms with Crippen LogP contribution in [0.1, 0.15) is 45.4 Å². The number of hydrogen-bond donors (Lipinski definition) is 6. The van der Waals surface area contributed by atoms with Crippen molar-refractivity contribution >= 4 is 6.03 Å². The molecule has 0 radical (unpaired) electrons. The number of rotatable bonds is 7. The molecule has 0 spiro atoms. The van der Waals surface area contributed by atoms with Crippen LogP contribution in [0.25, 0.3) is 0 Å². The van der Waals surface area contributed by atoms with Gasteiger partial charge in [0.25, 0.3) is 0 Å². The Morgan fingerprint density at radius 3 is 2.57 bits per heavy atom. The van der Waals surface area contributed by atoms with Gasteiger partial charge in [-0.1, -0.05) is 0 Å². The number of carbonyl (C=O) groups excluding carboxylic acids is 1. The summed E-state index contributed by atoms with van der Waals surface area (Å²) >= 11 is 0. The molecule has 28 heavy (non-hydrogen) atoms. The fraction of sp³-hybridized carbons (Fsp3) is 0.941. The second-order valence-corrected chi connectivity index (χ2v) is 7.70. The second-order valence-electron chi connectivity index (χ2n) is 7.70. The monoisotopic (exact) mass is 412 g/mol. The molecular weight excluding hydrogens is 380 g/mol. The highest BCUT2D eigenvalue weighted by molar-refractivity contribution is 5.74. The van der Waals surface area contributed by atoms with Crippen molar-refractivity contribution < 1.29 is 22.4 Å². The number of unbranched alkanes of at least 4 members (excludes halogenated alkanes) is 1. The first-order valence-electron chi connectivity index (χ1n) is 9.92. The SMILES string of the molecule is CC1CC(NCCCCN)NC(NC(=O)NC2CCC(F)C(C(F)(F)F)C2)N1. The molecule has 2 aliphatic rings. The van der Waals surface area contributed by atoms with E-state index in [2.05, 4.69) is 26.6 Å². The predicted molar refractivity (Wildman–Crippen MR) is 98.0 cm³/mol. The van der Waals surface area contributed by atoms with Crippen molar-refractivity contribution in [3.63, 3.8) is 0 Å². The zero-order valence-corrected chi connectivity index (χ0v) is 16.1. The van der Waals surface area contributed by atoms with Crippen molar-refractivity contribution in [1.82, 2.24) is 26.6 Å². The minimum Gasteiger partial charge on any atom is -0.335 e. The minimum absolute atomic E-state index is 0.00379. The van der Waals surface area contributed by atoms with E-state index in [9.17, 15) is 22.4 Å². The van der Waals surface area contributed by atoms with E-state index in [1.807, 2.05) is 6.92 Å². The van der Waals surface area contributed by atoms with Crippen LogP contribution in [0.4, 0.5) is 22.4 Å². The quantitative estimate of drug-likeness (QED) is 0.279. The zero-order valence-electron chi connectivity index (χ0n) is 16.1. The fourth-order valence-electron chi connectivity index (χ4n) is 3.76. The van der Waals surface area contributed by atoms with Gasteiger partial charge in [-0.25, -0.2) is 9.18 Å². The number of hydrogen-bond acceptors (Lipinski definition) is 5. The Morgan fingerprint density at radius 2 is 1.89 bits per heavy atom. The van der Waals surface area contributed by atoms with Crippen LogP contribution in [0.2, 0.25) is 0 Å². The van der Waals surface area contributed by atoms with Gasteiger partial charge in [-0.05, 0) is 58.5 Å². The lowest BCUT2D eigenvalue weighted by molar-refractivity contribution is -0.199. The number of nitrogens with two attached hydrogens (primary N) is 1. The molecule has 2 fully saturated rings. The topological polar surface area (TPSA) is 103 Å².